The van der Waals surface area contributed by atoms with Crippen LogP contribution in [0.4, 0.5) is 4.79 Å². The minimum absolute atomic E-state index is 0.0160. The number of carboxylic acids is 1. The Morgan fingerprint density at radius 1 is 0.971 bits per heavy atom. The molecule has 0 radical (unpaired) electrons. The molecule has 2 aromatic rings. The van der Waals surface area contributed by atoms with Crippen LogP contribution in [0.2, 0.25) is 0 Å². The van der Waals surface area contributed by atoms with Crippen molar-refractivity contribution in [3.63, 3.8) is 0 Å². The van der Waals surface area contributed by atoms with Crippen LogP contribution in [-0.4, -0.2) is 41.8 Å². The van der Waals surface area contributed by atoms with Gasteiger partial charge in [0.25, 0.3) is 0 Å². The fraction of sp³-hybridized carbons (Fsp3) is 0.444. The topological polar surface area (TPSA) is 105 Å². The van der Waals surface area contributed by atoms with Gasteiger partial charge in [0.1, 0.15) is 6.61 Å². The molecule has 0 aliphatic heterocycles. The second kappa shape index (κ2) is 12.2. The number of hydrogen-bond donors (Lipinski definition) is 3. The lowest BCUT2D eigenvalue weighted by Gasteiger charge is -2.20. The van der Waals surface area contributed by atoms with Crippen molar-refractivity contribution in [2.24, 2.45) is 0 Å². The number of benzene rings is 2. The lowest BCUT2D eigenvalue weighted by molar-refractivity contribution is -0.137. The molecule has 7 nitrogen and oxygen atoms in total. The Labute approximate surface area is 200 Å². The highest BCUT2D eigenvalue weighted by molar-refractivity contribution is 5.79. The molecular weight excluding hydrogens is 432 g/mol. The second-order valence-corrected chi connectivity index (χ2v) is 8.91. The van der Waals surface area contributed by atoms with Crippen LogP contribution in [0.25, 0.3) is 11.1 Å². The van der Waals surface area contributed by atoms with E-state index < -0.39 is 12.1 Å². The average Bonchev–Trinajstić information content (AvgIpc) is 3.11. The van der Waals surface area contributed by atoms with Gasteiger partial charge in [0, 0.05) is 30.8 Å². The first-order chi connectivity index (χ1) is 16.4. The van der Waals surface area contributed by atoms with E-state index in [1.165, 1.54) is 11.1 Å². The predicted octanol–water partition coefficient (Wildman–Crippen LogP) is 4.84. The van der Waals surface area contributed by atoms with Gasteiger partial charge in [-0.05, 0) is 48.4 Å². The minimum Gasteiger partial charge on any atom is -0.481 e. The average molecular weight is 467 g/mol. The number of aliphatic carboxylic acids is 1. The maximum absolute atomic E-state index is 12.6. The molecule has 7 heteroatoms. The minimum atomic E-state index is -0.839. The number of fused-ring (bicyclic) bond motifs is 3. The van der Waals surface area contributed by atoms with Gasteiger partial charge in [-0.25, -0.2) is 4.79 Å². The van der Waals surface area contributed by atoms with E-state index in [-0.39, 0.29) is 43.4 Å². The van der Waals surface area contributed by atoms with Gasteiger partial charge >= 0.3 is 12.1 Å². The molecule has 0 spiro atoms. The highest BCUT2D eigenvalue weighted by Gasteiger charge is 2.29. The standard InChI is InChI=1S/C27H34N2O5/c1-3-9-19(16-25(30)28-18(2)10-8-15-26(31)32)29-27(33)34-17-24-22-13-6-4-11-20(22)21-12-5-7-14-23(21)24/h4-7,11-14,18-19,24H,3,8-10,15-17H2,1-2H3,(H,28,30)(H,29,33)(H,31,32). The molecule has 0 saturated heterocycles. The fourth-order valence-electron chi connectivity index (χ4n) is 4.57. The van der Waals surface area contributed by atoms with E-state index in [1.54, 1.807) is 0 Å². The van der Waals surface area contributed by atoms with Gasteiger partial charge in [0.2, 0.25) is 5.91 Å². The summed E-state index contributed by atoms with van der Waals surface area (Å²) >= 11 is 0. The first-order valence-electron chi connectivity index (χ1n) is 12.0. The maximum atomic E-state index is 12.6. The third-order valence-corrected chi connectivity index (χ3v) is 6.17. The highest BCUT2D eigenvalue weighted by Crippen LogP contribution is 2.44. The summed E-state index contributed by atoms with van der Waals surface area (Å²) in [4.78, 5) is 35.7. The number of ether oxygens (including phenoxy) is 1. The van der Waals surface area contributed by atoms with Crippen molar-refractivity contribution < 1.29 is 24.2 Å². The molecule has 0 bridgehead atoms. The van der Waals surface area contributed by atoms with E-state index in [0.717, 1.165) is 17.5 Å². The number of rotatable bonds is 12. The van der Waals surface area contributed by atoms with Crippen molar-refractivity contribution in [1.29, 1.82) is 0 Å². The summed E-state index contributed by atoms with van der Waals surface area (Å²) < 4.78 is 5.62. The molecule has 3 N–H and O–H groups in total. The largest absolute Gasteiger partial charge is 0.481 e. The van der Waals surface area contributed by atoms with Gasteiger partial charge in [-0.15, -0.1) is 0 Å². The molecule has 2 aromatic carbocycles. The van der Waals surface area contributed by atoms with Crippen LogP contribution in [-0.2, 0) is 14.3 Å². The Morgan fingerprint density at radius 3 is 2.18 bits per heavy atom. The van der Waals surface area contributed by atoms with Crippen LogP contribution in [0, 0.1) is 0 Å². The van der Waals surface area contributed by atoms with E-state index in [9.17, 15) is 14.4 Å². The zero-order valence-corrected chi connectivity index (χ0v) is 19.9. The zero-order valence-electron chi connectivity index (χ0n) is 19.9. The molecule has 0 heterocycles. The molecule has 0 aromatic heterocycles. The second-order valence-electron chi connectivity index (χ2n) is 8.91. The summed E-state index contributed by atoms with van der Waals surface area (Å²) in [6.07, 6.45) is 2.29. The van der Waals surface area contributed by atoms with E-state index in [4.69, 9.17) is 9.84 Å². The van der Waals surface area contributed by atoms with Crippen molar-refractivity contribution in [3.05, 3.63) is 59.7 Å². The van der Waals surface area contributed by atoms with Gasteiger partial charge in [0.15, 0.2) is 0 Å². The normalized spacial score (nSPS) is 13.9. The summed E-state index contributed by atoms with van der Waals surface area (Å²) in [6, 6.07) is 15.9. The van der Waals surface area contributed by atoms with Crippen LogP contribution in [0.5, 0.6) is 0 Å². The lowest BCUT2D eigenvalue weighted by atomic mass is 9.98. The Balaban J connectivity index is 1.51. The van der Waals surface area contributed by atoms with Crippen LogP contribution in [0.15, 0.2) is 48.5 Å². The Bertz CT molecular complexity index is 961. The third-order valence-electron chi connectivity index (χ3n) is 6.17. The number of carboxylic acid groups (broad SMARTS) is 1. The number of alkyl carbamates (subject to hydrolysis) is 1. The first-order valence-corrected chi connectivity index (χ1v) is 12.0. The molecule has 2 atom stereocenters. The van der Waals surface area contributed by atoms with Gasteiger partial charge in [-0.2, -0.15) is 0 Å². The maximum Gasteiger partial charge on any atom is 0.407 e. The molecular formula is C27H34N2O5. The van der Waals surface area contributed by atoms with Crippen molar-refractivity contribution in [2.45, 2.75) is 70.4 Å². The Hall–Kier alpha value is -3.35. The van der Waals surface area contributed by atoms with Crippen molar-refractivity contribution in [2.75, 3.05) is 6.61 Å². The molecule has 2 amide bonds. The highest BCUT2D eigenvalue weighted by atomic mass is 16.5. The van der Waals surface area contributed by atoms with Crippen LogP contribution in [0.1, 0.15) is 69.4 Å². The quantitative estimate of drug-likeness (QED) is 0.415. The molecule has 1 aliphatic rings. The van der Waals surface area contributed by atoms with Gasteiger partial charge in [-0.3, -0.25) is 9.59 Å². The predicted molar refractivity (Wildman–Crippen MR) is 131 cm³/mol. The molecule has 1 aliphatic carbocycles. The fourth-order valence-corrected chi connectivity index (χ4v) is 4.57. The van der Waals surface area contributed by atoms with E-state index in [1.807, 2.05) is 38.1 Å². The van der Waals surface area contributed by atoms with Crippen LogP contribution < -0.4 is 10.6 Å². The molecule has 0 fully saturated rings. The number of nitrogens with one attached hydrogen (secondary N) is 2. The first kappa shape index (κ1) is 25.3. The summed E-state index contributed by atoms with van der Waals surface area (Å²) in [5.41, 5.74) is 4.64. The van der Waals surface area contributed by atoms with E-state index in [0.29, 0.717) is 19.3 Å². The smallest absolute Gasteiger partial charge is 0.407 e. The summed E-state index contributed by atoms with van der Waals surface area (Å²) in [5, 5.41) is 14.5. The third kappa shape index (κ3) is 6.83. The molecule has 182 valence electrons. The van der Waals surface area contributed by atoms with E-state index in [2.05, 4.69) is 34.9 Å². The van der Waals surface area contributed by atoms with Gasteiger partial charge in [-0.1, -0.05) is 61.9 Å². The van der Waals surface area contributed by atoms with Gasteiger partial charge in [0.05, 0.1) is 0 Å². The number of carbonyl (C=O) groups is 3. The zero-order chi connectivity index (χ0) is 24.5. The lowest BCUT2D eigenvalue weighted by Crippen LogP contribution is -2.41. The molecule has 0 saturated carbocycles. The summed E-state index contributed by atoms with van der Waals surface area (Å²) in [6.45, 7) is 4.08. The van der Waals surface area contributed by atoms with Crippen molar-refractivity contribution >= 4 is 18.0 Å². The molecule has 3 rings (SSSR count). The number of amides is 2. The number of carbonyl (C=O) groups excluding carboxylic acids is 2. The molecule has 34 heavy (non-hydrogen) atoms. The SMILES string of the molecule is CCCC(CC(=O)NC(C)CCCC(=O)O)NC(=O)OCC1c2ccccc2-c2ccccc21. The Morgan fingerprint density at radius 2 is 1.59 bits per heavy atom. The van der Waals surface area contributed by atoms with Crippen LogP contribution >= 0.6 is 0 Å². The summed E-state index contributed by atoms with van der Waals surface area (Å²) in [7, 11) is 0. The van der Waals surface area contributed by atoms with Crippen molar-refractivity contribution in [1.82, 2.24) is 10.6 Å². The van der Waals surface area contributed by atoms with Crippen molar-refractivity contribution in [3.8, 4) is 11.1 Å². The molecule has 2 unspecified atom stereocenters. The van der Waals surface area contributed by atoms with Gasteiger partial charge < -0.3 is 20.5 Å². The summed E-state index contributed by atoms with van der Waals surface area (Å²) in [5.74, 6) is -1.02. The Kier molecular flexibility index (Phi) is 9.08. The van der Waals surface area contributed by atoms with Crippen LogP contribution in [0.3, 0.4) is 0 Å². The monoisotopic (exact) mass is 466 g/mol. The number of hydrogen-bond acceptors (Lipinski definition) is 4. The van der Waals surface area contributed by atoms with E-state index >= 15 is 0 Å².